The number of carbonyl (C=O) groups excluding carboxylic acids is 2. The van der Waals surface area contributed by atoms with Crippen molar-refractivity contribution in [2.45, 2.75) is 232 Å². The Labute approximate surface area is 347 Å². The van der Waals surface area contributed by atoms with Gasteiger partial charge in [0, 0.05) is 19.5 Å². The van der Waals surface area contributed by atoms with E-state index in [4.69, 9.17) is 15.2 Å². The van der Waals surface area contributed by atoms with Crippen LogP contribution in [0, 0.1) is 5.92 Å². The number of hydrogen-bond donors (Lipinski definition) is 2. The van der Waals surface area contributed by atoms with Crippen molar-refractivity contribution >= 4 is 11.9 Å². The Morgan fingerprint density at radius 3 is 1.59 bits per heavy atom. The maximum absolute atomic E-state index is 12.9. The Hall–Kier alpha value is -1.70. The van der Waals surface area contributed by atoms with Crippen molar-refractivity contribution in [1.29, 1.82) is 0 Å². The molecule has 2 unspecified atom stereocenters. The van der Waals surface area contributed by atoms with Gasteiger partial charge in [-0.15, -0.1) is 0 Å². The van der Waals surface area contributed by atoms with Crippen LogP contribution in [-0.4, -0.2) is 67.4 Å². The van der Waals surface area contributed by atoms with E-state index < -0.39 is 6.10 Å². The normalized spacial score (nSPS) is 13.0. The average molecular weight is 791 g/mol. The number of aliphatic hydroxyl groups excluding tert-OH is 1. The zero-order valence-corrected chi connectivity index (χ0v) is 37.4. The van der Waals surface area contributed by atoms with E-state index in [9.17, 15) is 14.7 Å². The molecule has 0 aromatic carbocycles. The van der Waals surface area contributed by atoms with E-state index in [0.717, 1.165) is 116 Å². The average Bonchev–Trinajstić information content (AvgIpc) is 3.20. The topological polar surface area (TPSA) is 102 Å². The summed E-state index contributed by atoms with van der Waals surface area (Å²) in [5.74, 6) is 0.0465. The van der Waals surface area contributed by atoms with Gasteiger partial charge in [0.05, 0.1) is 25.2 Å². The van der Waals surface area contributed by atoms with E-state index in [1.165, 1.54) is 96.3 Å². The number of nitrogens with zero attached hydrogens (tertiary/aromatic N) is 1. The monoisotopic (exact) mass is 791 g/mol. The summed E-state index contributed by atoms with van der Waals surface area (Å²) >= 11 is 0. The fraction of sp³-hybridized carbons (Fsp3) is 0.878. The predicted molar refractivity (Wildman–Crippen MR) is 240 cm³/mol. The third-order valence-corrected chi connectivity index (χ3v) is 11.0. The highest BCUT2D eigenvalue weighted by Gasteiger charge is 2.19. The predicted octanol–water partition coefficient (Wildman–Crippen LogP) is 13.0. The summed E-state index contributed by atoms with van der Waals surface area (Å²) in [6.07, 6.45) is 44.8. The molecule has 0 amide bonds. The first-order valence-corrected chi connectivity index (χ1v) is 24.2. The van der Waals surface area contributed by atoms with Gasteiger partial charge < -0.3 is 25.2 Å². The number of rotatable bonds is 44. The number of hydrogen-bond acceptors (Lipinski definition) is 7. The van der Waals surface area contributed by atoms with E-state index in [1.54, 1.807) is 0 Å². The molecule has 0 saturated heterocycles. The van der Waals surface area contributed by atoms with Crippen molar-refractivity contribution in [1.82, 2.24) is 4.90 Å². The molecule has 0 aromatic heterocycles. The van der Waals surface area contributed by atoms with Crippen molar-refractivity contribution < 1.29 is 24.2 Å². The van der Waals surface area contributed by atoms with Gasteiger partial charge in [0.15, 0.2) is 0 Å². The third kappa shape index (κ3) is 39.1. The molecule has 0 heterocycles. The molecule has 0 spiro atoms. The Kier molecular flexibility index (Phi) is 43.1. The van der Waals surface area contributed by atoms with E-state index >= 15 is 0 Å². The molecular weight excluding hydrogens is 697 g/mol. The molecule has 0 bridgehead atoms. The smallest absolute Gasteiger partial charge is 0.308 e. The first-order valence-electron chi connectivity index (χ1n) is 24.2. The number of ether oxygens (including phenoxy) is 2. The van der Waals surface area contributed by atoms with Gasteiger partial charge >= 0.3 is 11.9 Å². The van der Waals surface area contributed by atoms with Crippen LogP contribution in [-0.2, 0) is 19.1 Å². The SMILES string of the molecule is CCCCC/C=C\C/C=C\CCCCCCCC(=O)OCCCCCCN(CCCCCCOC(=O)C(CCCCCC)CCCCCCCC)CC(O)CN. The molecule has 0 aliphatic carbocycles. The summed E-state index contributed by atoms with van der Waals surface area (Å²) in [7, 11) is 0. The molecule has 7 heteroatoms. The Bertz CT molecular complexity index is 894. The highest BCUT2D eigenvalue weighted by atomic mass is 16.5. The molecule has 0 aliphatic rings. The van der Waals surface area contributed by atoms with Crippen LogP contribution in [0.15, 0.2) is 24.3 Å². The Morgan fingerprint density at radius 2 is 1.00 bits per heavy atom. The van der Waals surface area contributed by atoms with Crippen LogP contribution >= 0.6 is 0 Å². The van der Waals surface area contributed by atoms with Crippen LogP contribution in [0.5, 0.6) is 0 Å². The number of carbonyl (C=O) groups is 2. The van der Waals surface area contributed by atoms with Crippen molar-refractivity contribution in [3.05, 3.63) is 24.3 Å². The van der Waals surface area contributed by atoms with Crippen LogP contribution < -0.4 is 5.73 Å². The summed E-state index contributed by atoms with van der Waals surface area (Å²) in [6.45, 7) is 10.5. The van der Waals surface area contributed by atoms with Crippen LogP contribution in [0.3, 0.4) is 0 Å². The van der Waals surface area contributed by atoms with Gasteiger partial charge in [-0.2, -0.15) is 0 Å². The number of allylic oxidation sites excluding steroid dienone is 4. The maximum atomic E-state index is 12.9. The van der Waals surface area contributed by atoms with Crippen LogP contribution in [0.4, 0.5) is 0 Å². The lowest BCUT2D eigenvalue weighted by Gasteiger charge is -2.24. The number of aliphatic hydroxyl groups is 1. The van der Waals surface area contributed by atoms with E-state index in [-0.39, 0.29) is 24.4 Å². The Morgan fingerprint density at radius 1 is 0.554 bits per heavy atom. The minimum atomic E-state index is -0.500. The number of unbranched alkanes of at least 4 members (excludes halogenated alkanes) is 22. The molecule has 0 saturated carbocycles. The molecule has 0 aliphatic heterocycles. The summed E-state index contributed by atoms with van der Waals surface area (Å²) in [5.41, 5.74) is 5.73. The Balaban J connectivity index is 4.01. The van der Waals surface area contributed by atoms with Gasteiger partial charge in [0.25, 0.3) is 0 Å². The molecule has 7 nitrogen and oxygen atoms in total. The van der Waals surface area contributed by atoms with Crippen molar-refractivity contribution in [3.8, 4) is 0 Å². The van der Waals surface area contributed by atoms with Gasteiger partial charge in [-0.3, -0.25) is 9.59 Å². The summed E-state index contributed by atoms with van der Waals surface area (Å²) in [4.78, 5) is 27.4. The molecule has 3 N–H and O–H groups in total. The molecule has 0 radical (unpaired) electrons. The van der Waals surface area contributed by atoms with Gasteiger partial charge in [-0.25, -0.2) is 0 Å². The van der Waals surface area contributed by atoms with Crippen LogP contribution in [0.25, 0.3) is 0 Å². The highest BCUT2D eigenvalue weighted by molar-refractivity contribution is 5.72. The first-order chi connectivity index (χ1) is 27.5. The van der Waals surface area contributed by atoms with E-state index in [1.807, 2.05) is 0 Å². The van der Waals surface area contributed by atoms with Gasteiger partial charge in [-0.1, -0.05) is 167 Å². The minimum Gasteiger partial charge on any atom is -0.466 e. The van der Waals surface area contributed by atoms with Crippen molar-refractivity contribution in [2.24, 2.45) is 11.7 Å². The second-order valence-corrected chi connectivity index (χ2v) is 16.5. The molecule has 2 atom stereocenters. The molecule has 330 valence electrons. The van der Waals surface area contributed by atoms with Gasteiger partial charge in [0.2, 0.25) is 0 Å². The molecule has 0 fully saturated rings. The third-order valence-electron chi connectivity index (χ3n) is 11.0. The lowest BCUT2D eigenvalue weighted by Crippen LogP contribution is -2.37. The fourth-order valence-corrected chi connectivity index (χ4v) is 7.25. The van der Waals surface area contributed by atoms with E-state index in [0.29, 0.717) is 26.2 Å². The number of esters is 2. The molecular formula is C49H94N2O5. The van der Waals surface area contributed by atoms with Crippen LogP contribution in [0.2, 0.25) is 0 Å². The highest BCUT2D eigenvalue weighted by Crippen LogP contribution is 2.21. The van der Waals surface area contributed by atoms with Crippen molar-refractivity contribution in [2.75, 3.05) is 39.4 Å². The van der Waals surface area contributed by atoms with E-state index in [2.05, 4.69) is 50.0 Å². The largest absolute Gasteiger partial charge is 0.466 e. The lowest BCUT2D eigenvalue weighted by atomic mass is 9.94. The minimum absolute atomic E-state index is 0.0302. The zero-order valence-electron chi connectivity index (χ0n) is 37.4. The van der Waals surface area contributed by atoms with Gasteiger partial charge in [0.1, 0.15) is 0 Å². The van der Waals surface area contributed by atoms with Gasteiger partial charge in [-0.05, 0) is 90.1 Å². The number of nitrogens with two attached hydrogens (primary N) is 1. The molecule has 0 rings (SSSR count). The molecule has 56 heavy (non-hydrogen) atoms. The summed E-state index contributed by atoms with van der Waals surface area (Å²) in [6, 6.07) is 0. The second kappa shape index (κ2) is 44.4. The first kappa shape index (κ1) is 54.3. The summed E-state index contributed by atoms with van der Waals surface area (Å²) in [5, 5.41) is 10.2. The standard InChI is InChI=1S/C49H94N2O5/c1-4-7-10-13-15-16-17-18-19-20-21-22-23-25-32-39-48(53)55-42-35-28-26-33-40-51(45-47(52)44-50)41-34-27-29-36-43-56-49(54)46(37-30-12-9-6-3)38-31-24-14-11-8-5-2/h15-16,18-19,46-47,52H,4-14,17,20-45,50H2,1-3H3/b16-15-,19-18-. The molecule has 0 aromatic rings. The van der Waals surface area contributed by atoms with Crippen molar-refractivity contribution in [3.63, 3.8) is 0 Å². The maximum Gasteiger partial charge on any atom is 0.308 e. The second-order valence-electron chi connectivity index (χ2n) is 16.5. The zero-order chi connectivity index (χ0) is 41.0. The quantitative estimate of drug-likeness (QED) is 0.0360. The lowest BCUT2D eigenvalue weighted by molar-refractivity contribution is -0.149. The van der Waals surface area contributed by atoms with Crippen LogP contribution in [0.1, 0.15) is 226 Å². The summed E-state index contributed by atoms with van der Waals surface area (Å²) < 4.78 is 11.3. The fourth-order valence-electron chi connectivity index (χ4n) is 7.25.